The van der Waals surface area contributed by atoms with Crippen molar-refractivity contribution in [2.75, 3.05) is 0 Å². The molecular weight excluding hydrogens is 396 g/mol. The predicted octanol–water partition coefficient (Wildman–Crippen LogP) is 6.59. The Morgan fingerprint density at radius 3 is 1.77 bits per heavy atom. The fourth-order valence-corrected chi connectivity index (χ4v) is 3.76. The van der Waals surface area contributed by atoms with Crippen LogP contribution < -0.4 is 0 Å². The lowest BCUT2D eigenvalue weighted by molar-refractivity contribution is -0.163. The quantitative estimate of drug-likeness (QED) is 0.109. The first-order valence-corrected chi connectivity index (χ1v) is 12.5. The van der Waals surface area contributed by atoms with Crippen LogP contribution in [0.3, 0.4) is 0 Å². The largest absolute Gasteiger partial charge is 0.481 e. The average Bonchev–Trinajstić information content (AvgIpc) is 2.74. The van der Waals surface area contributed by atoms with Crippen molar-refractivity contribution in [1.29, 1.82) is 0 Å². The van der Waals surface area contributed by atoms with Crippen LogP contribution in [-0.4, -0.2) is 35.7 Å². The van der Waals surface area contributed by atoms with Crippen LogP contribution in [-0.2, 0) is 23.9 Å². The van der Waals surface area contributed by atoms with Crippen molar-refractivity contribution in [3.63, 3.8) is 0 Å². The molecule has 0 amide bonds. The fraction of sp³-hybridized carbons (Fsp3) is 0.880. The number of carboxylic acids is 1. The highest BCUT2D eigenvalue weighted by Crippen LogP contribution is 2.21. The maximum absolute atomic E-state index is 12.3. The van der Waals surface area contributed by atoms with Crippen LogP contribution in [0.5, 0.6) is 0 Å². The minimum absolute atomic E-state index is 0.206. The van der Waals surface area contributed by atoms with E-state index in [1.54, 1.807) is 0 Å². The van der Waals surface area contributed by atoms with Crippen molar-refractivity contribution < 1.29 is 29.0 Å². The first-order valence-electron chi connectivity index (χ1n) is 12.5. The van der Waals surface area contributed by atoms with E-state index in [-0.39, 0.29) is 18.5 Å². The number of hydrogen-bond donors (Lipinski definition) is 1. The van der Waals surface area contributed by atoms with Crippen molar-refractivity contribution in [2.24, 2.45) is 0 Å². The van der Waals surface area contributed by atoms with E-state index in [0.717, 1.165) is 64.2 Å². The third-order valence-electron chi connectivity index (χ3n) is 5.63. The third-order valence-corrected chi connectivity index (χ3v) is 5.63. The molecule has 0 bridgehead atoms. The maximum Gasteiger partial charge on any atom is 0.306 e. The van der Waals surface area contributed by atoms with Gasteiger partial charge in [-0.3, -0.25) is 14.4 Å². The molecule has 0 aromatic carbocycles. The van der Waals surface area contributed by atoms with E-state index >= 15 is 0 Å². The molecule has 31 heavy (non-hydrogen) atoms. The highest BCUT2D eigenvalue weighted by atomic mass is 16.6. The molecule has 0 radical (unpaired) electrons. The number of carbonyl (C=O) groups excluding carboxylic acids is 2. The molecule has 1 N–H and O–H groups in total. The van der Waals surface area contributed by atoms with Crippen molar-refractivity contribution in [1.82, 2.24) is 0 Å². The van der Waals surface area contributed by atoms with Gasteiger partial charge in [0.05, 0.1) is 0 Å². The molecule has 0 spiro atoms. The highest BCUT2D eigenvalue weighted by Gasteiger charge is 2.26. The predicted molar refractivity (Wildman–Crippen MR) is 123 cm³/mol. The van der Waals surface area contributed by atoms with Gasteiger partial charge in [0.1, 0.15) is 12.2 Å². The fourth-order valence-electron chi connectivity index (χ4n) is 3.76. The summed E-state index contributed by atoms with van der Waals surface area (Å²) in [4.78, 5) is 34.0. The van der Waals surface area contributed by atoms with E-state index in [2.05, 4.69) is 13.8 Å². The Bertz CT molecular complexity index is 451. The smallest absolute Gasteiger partial charge is 0.306 e. The second-order valence-corrected chi connectivity index (χ2v) is 8.51. The summed E-state index contributed by atoms with van der Waals surface area (Å²) in [5, 5.41) is 8.70. The van der Waals surface area contributed by atoms with Gasteiger partial charge in [-0.15, -0.1) is 0 Å². The lowest BCUT2D eigenvalue weighted by atomic mass is 9.99. The number of carboxylic acid groups (broad SMARTS) is 1. The Morgan fingerprint density at radius 2 is 1.19 bits per heavy atom. The van der Waals surface area contributed by atoms with Crippen LogP contribution in [0, 0.1) is 0 Å². The van der Waals surface area contributed by atoms with Gasteiger partial charge in [0.25, 0.3) is 6.47 Å². The minimum Gasteiger partial charge on any atom is -0.481 e. The number of carbonyl (C=O) groups is 3. The van der Waals surface area contributed by atoms with Gasteiger partial charge in [-0.1, -0.05) is 78.1 Å². The first-order chi connectivity index (χ1) is 15.0. The Labute approximate surface area is 189 Å². The van der Waals surface area contributed by atoms with E-state index in [0.29, 0.717) is 25.7 Å². The Hall–Kier alpha value is -1.59. The van der Waals surface area contributed by atoms with Crippen LogP contribution in [0.4, 0.5) is 0 Å². The van der Waals surface area contributed by atoms with Gasteiger partial charge >= 0.3 is 11.9 Å². The number of unbranched alkanes of at least 4 members (excludes halogenated alkanes) is 11. The Balaban J connectivity index is 4.56. The zero-order valence-corrected chi connectivity index (χ0v) is 19.9. The average molecular weight is 443 g/mol. The summed E-state index contributed by atoms with van der Waals surface area (Å²) in [6.07, 6.45) is 15.4. The second kappa shape index (κ2) is 21.6. The van der Waals surface area contributed by atoms with Gasteiger partial charge in [-0.25, -0.2) is 0 Å². The molecule has 0 saturated heterocycles. The van der Waals surface area contributed by atoms with Crippen molar-refractivity contribution in [2.45, 2.75) is 142 Å². The Kier molecular flexibility index (Phi) is 20.5. The van der Waals surface area contributed by atoms with E-state index < -0.39 is 12.1 Å². The molecule has 182 valence electrons. The number of hydrogen-bond acceptors (Lipinski definition) is 5. The molecule has 0 fully saturated rings. The molecule has 6 heteroatoms. The first kappa shape index (κ1) is 29.4. The molecule has 0 rings (SSSR count). The topological polar surface area (TPSA) is 89.9 Å². The maximum atomic E-state index is 12.3. The number of rotatable bonds is 23. The molecule has 0 aliphatic carbocycles. The molecule has 0 aliphatic heterocycles. The van der Waals surface area contributed by atoms with Gasteiger partial charge in [0.15, 0.2) is 0 Å². The zero-order valence-electron chi connectivity index (χ0n) is 19.9. The minimum atomic E-state index is -0.751. The number of ether oxygens (including phenoxy) is 2. The summed E-state index contributed by atoms with van der Waals surface area (Å²) in [5.74, 6) is -0.957. The van der Waals surface area contributed by atoms with Gasteiger partial charge in [0.2, 0.25) is 0 Å². The monoisotopic (exact) mass is 442 g/mol. The SMILES string of the molecule is CCCCCCCCC(OC=O)C(CCCCCCCC(=O)O)OC(=O)CCCCC. The van der Waals surface area contributed by atoms with Gasteiger partial charge < -0.3 is 14.6 Å². The molecule has 0 aromatic rings. The molecule has 2 unspecified atom stereocenters. The van der Waals surface area contributed by atoms with E-state index in [1.165, 1.54) is 25.7 Å². The van der Waals surface area contributed by atoms with E-state index in [4.69, 9.17) is 14.6 Å². The van der Waals surface area contributed by atoms with E-state index in [9.17, 15) is 14.4 Å². The van der Waals surface area contributed by atoms with Crippen molar-refractivity contribution in [3.05, 3.63) is 0 Å². The van der Waals surface area contributed by atoms with Crippen LogP contribution in [0.25, 0.3) is 0 Å². The second-order valence-electron chi connectivity index (χ2n) is 8.51. The van der Waals surface area contributed by atoms with Gasteiger partial charge in [-0.05, 0) is 38.5 Å². The highest BCUT2D eigenvalue weighted by molar-refractivity contribution is 5.69. The van der Waals surface area contributed by atoms with Crippen LogP contribution in [0.1, 0.15) is 129 Å². The standard InChI is InChI=1S/C25H46O6/c1-3-5-7-8-10-14-17-22(30-21-26)23(31-25(29)20-13-6-4-2)18-15-11-9-12-16-19-24(27)28/h21-23H,3-20H2,1-2H3,(H,27,28). The number of esters is 1. The summed E-state index contributed by atoms with van der Waals surface area (Å²) in [6, 6.07) is 0. The van der Waals surface area contributed by atoms with Gasteiger partial charge in [0, 0.05) is 12.8 Å². The Morgan fingerprint density at radius 1 is 0.710 bits per heavy atom. The van der Waals surface area contributed by atoms with Crippen LogP contribution in [0.2, 0.25) is 0 Å². The normalized spacial score (nSPS) is 12.8. The summed E-state index contributed by atoms with van der Waals surface area (Å²) in [6.45, 7) is 4.77. The van der Waals surface area contributed by atoms with Gasteiger partial charge in [-0.2, -0.15) is 0 Å². The molecule has 2 atom stereocenters. The summed E-state index contributed by atoms with van der Waals surface area (Å²) in [7, 11) is 0. The van der Waals surface area contributed by atoms with Crippen molar-refractivity contribution in [3.8, 4) is 0 Å². The third kappa shape index (κ3) is 18.9. The van der Waals surface area contributed by atoms with Crippen molar-refractivity contribution >= 4 is 18.4 Å². The molecular formula is C25H46O6. The zero-order chi connectivity index (χ0) is 23.2. The lowest BCUT2D eigenvalue weighted by Gasteiger charge is -2.26. The van der Waals surface area contributed by atoms with Crippen LogP contribution in [0.15, 0.2) is 0 Å². The summed E-state index contributed by atoms with van der Waals surface area (Å²) in [5.41, 5.74) is 0. The van der Waals surface area contributed by atoms with Crippen LogP contribution >= 0.6 is 0 Å². The summed E-state index contributed by atoms with van der Waals surface area (Å²) < 4.78 is 11.1. The number of aliphatic carboxylic acids is 1. The molecule has 0 heterocycles. The molecule has 0 saturated carbocycles. The summed E-state index contributed by atoms with van der Waals surface area (Å²) >= 11 is 0. The molecule has 0 aliphatic rings. The molecule has 6 nitrogen and oxygen atoms in total. The van der Waals surface area contributed by atoms with E-state index in [1.807, 2.05) is 0 Å². The lowest BCUT2D eigenvalue weighted by Crippen LogP contribution is -2.33. The molecule has 0 aromatic heterocycles.